The molecule has 2 N–H and O–H groups in total. The number of nitrogens with zero attached hydrogens (tertiary/aromatic N) is 1. The van der Waals surface area contributed by atoms with Gasteiger partial charge in [0.2, 0.25) is 0 Å². The minimum absolute atomic E-state index is 0.0172. The van der Waals surface area contributed by atoms with Crippen LogP contribution in [0.2, 0.25) is 0 Å². The van der Waals surface area contributed by atoms with Gasteiger partial charge in [-0.1, -0.05) is 13.3 Å². The van der Waals surface area contributed by atoms with Crippen LogP contribution in [-0.2, 0) is 28.1 Å². The van der Waals surface area contributed by atoms with Gasteiger partial charge in [-0.3, -0.25) is 23.7 Å². The van der Waals surface area contributed by atoms with Gasteiger partial charge in [0.25, 0.3) is 5.56 Å². The Balaban J connectivity index is 1.68. The minimum atomic E-state index is -4.15. The van der Waals surface area contributed by atoms with Crippen LogP contribution >= 0.6 is 7.75 Å². The minimum Gasteiger partial charge on any atom is -0.497 e. The van der Waals surface area contributed by atoms with Gasteiger partial charge in [-0.05, 0) is 44.5 Å². The van der Waals surface area contributed by atoms with E-state index in [0.29, 0.717) is 17.7 Å². The summed E-state index contributed by atoms with van der Waals surface area (Å²) in [6.07, 6.45) is 1.07. The SMILES string of the molecule is CCCCOC(=O)[C@H](C)NP(=O)(OC[C@@H]1OC[C@H](n2cc(C)c(=O)[nH]c2=O)O1)Oc1ccc(OC)cc1. The maximum atomic E-state index is 13.6. The number of aromatic nitrogens is 2. The summed E-state index contributed by atoms with van der Waals surface area (Å²) >= 11 is 0. The van der Waals surface area contributed by atoms with Gasteiger partial charge in [0, 0.05) is 11.8 Å². The Morgan fingerprint density at radius 3 is 2.65 bits per heavy atom. The van der Waals surface area contributed by atoms with Crippen molar-refractivity contribution in [3.63, 3.8) is 0 Å². The fourth-order valence-corrected chi connectivity index (χ4v) is 4.71. The molecule has 1 aromatic carbocycles. The van der Waals surface area contributed by atoms with Crippen LogP contribution in [0.25, 0.3) is 0 Å². The molecule has 14 heteroatoms. The molecule has 0 radical (unpaired) electrons. The number of carbonyl (C=O) groups excluding carboxylic acids is 1. The van der Waals surface area contributed by atoms with Crippen LogP contribution in [0.15, 0.2) is 40.1 Å². The number of hydrogen-bond acceptors (Lipinski definition) is 10. The summed E-state index contributed by atoms with van der Waals surface area (Å²) in [6.45, 7) is 4.86. The number of methoxy groups -OCH3 is 1. The number of esters is 1. The summed E-state index contributed by atoms with van der Waals surface area (Å²) in [6, 6.07) is 5.27. The third-order valence-electron chi connectivity index (χ3n) is 5.30. The zero-order chi connectivity index (χ0) is 27.0. The Kier molecular flexibility index (Phi) is 10.1. The lowest BCUT2D eigenvalue weighted by molar-refractivity contribution is -0.145. The highest BCUT2D eigenvalue weighted by Gasteiger charge is 2.36. The van der Waals surface area contributed by atoms with E-state index in [1.54, 1.807) is 19.1 Å². The average Bonchev–Trinajstić information content (AvgIpc) is 3.34. The molecule has 1 aromatic heterocycles. The van der Waals surface area contributed by atoms with E-state index in [2.05, 4.69) is 10.1 Å². The molecule has 1 aliphatic heterocycles. The van der Waals surface area contributed by atoms with E-state index in [1.165, 1.54) is 36.9 Å². The lowest BCUT2D eigenvalue weighted by Crippen LogP contribution is -2.36. The van der Waals surface area contributed by atoms with E-state index >= 15 is 0 Å². The second-order valence-electron chi connectivity index (χ2n) is 8.26. The number of nitrogens with one attached hydrogen (secondary N) is 2. The van der Waals surface area contributed by atoms with E-state index in [9.17, 15) is 18.9 Å². The van der Waals surface area contributed by atoms with E-state index in [0.717, 1.165) is 6.42 Å². The van der Waals surface area contributed by atoms with E-state index in [-0.39, 0.29) is 25.6 Å². The third-order valence-corrected chi connectivity index (χ3v) is 6.95. The Morgan fingerprint density at radius 2 is 1.97 bits per heavy atom. The van der Waals surface area contributed by atoms with E-state index in [1.807, 2.05) is 6.92 Å². The standard InChI is InChI=1S/C23H32N3O10P/c1-5-6-11-32-22(28)16(3)25-37(30,36-18-9-7-17(31-4)8-10-18)34-14-20-33-13-19(35-20)26-12-15(2)21(27)24-23(26)29/h7-10,12,16,19-20H,5-6,11,13-14H2,1-4H3,(H,25,30)(H,24,27,29)/t16-,19+,20+,37?/m0/s1. The van der Waals surface area contributed by atoms with Crippen LogP contribution in [0, 0.1) is 6.92 Å². The summed E-state index contributed by atoms with van der Waals surface area (Å²) < 4.78 is 47.5. The van der Waals surface area contributed by atoms with Gasteiger partial charge in [-0.25, -0.2) is 9.36 Å². The number of H-pyrrole nitrogens is 1. The van der Waals surface area contributed by atoms with Crippen molar-refractivity contribution in [2.45, 2.75) is 52.2 Å². The number of aryl methyl sites for hydroxylation is 1. The third kappa shape index (κ3) is 8.01. The first kappa shape index (κ1) is 28.6. The van der Waals surface area contributed by atoms with Gasteiger partial charge in [-0.2, -0.15) is 5.09 Å². The highest BCUT2D eigenvalue weighted by atomic mass is 31.2. The summed E-state index contributed by atoms with van der Waals surface area (Å²) in [5.41, 5.74) is -0.828. The lowest BCUT2D eigenvalue weighted by atomic mass is 10.3. The molecule has 1 unspecified atom stereocenters. The first-order chi connectivity index (χ1) is 17.6. The van der Waals surface area contributed by atoms with Crippen LogP contribution in [0.5, 0.6) is 11.5 Å². The normalized spacial score (nSPS) is 19.7. The molecule has 0 aliphatic carbocycles. The summed E-state index contributed by atoms with van der Waals surface area (Å²) in [5.74, 6) is 0.150. The molecule has 13 nitrogen and oxygen atoms in total. The van der Waals surface area contributed by atoms with Crippen LogP contribution in [0.3, 0.4) is 0 Å². The fourth-order valence-electron chi connectivity index (χ4n) is 3.23. The number of aromatic amines is 1. The molecule has 37 heavy (non-hydrogen) atoms. The van der Waals surface area contributed by atoms with Crippen molar-refractivity contribution in [3.8, 4) is 11.5 Å². The van der Waals surface area contributed by atoms with Crippen molar-refractivity contribution in [1.29, 1.82) is 0 Å². The number of rotatable bonds is 13. The molecule has 0 bridgehead atoms. The summed E-state index contributed by atoms with van der Waals surface area (Å²) in [4.78, 5) is 38.3. The van der Waals surface area contributed by atoms with Gasteiger partial charge in [-0.15, -0.1) is 0 Å². The molecule has 4 atom stereocenters. The molecule has 1 fully saturated rings. The van der Waals surface area contributed by atoms with Gasteiger partial charge >= 0.3 is 19.4 Å². The zero-order valence-electron chi connectivity index (χ0n) is 21.1. The number of hydrogen-bond donors (Lipinski definition) is 2. The van der Waals surface area contributed by atoms with Crippen molar-refractivity contribution in [2.75, 3.05) is 26.9 Å². The van der Waals surface area contributed by atoms with Crippen molar-refractivity contribution < 1.29 is 37.4 Å². The van der Waals surface area contributed by atoms with Crippen molar-refractivity contribution in [2.24, 2.45) is 0 Å². The van der Waals surface area contributed by atoms with Crippen molar-refractivity contribution >= 4 is 13.7 Å². The van der Waals surface area contributed by atoms with Crippen LogP contribution in [0.1, 0.15) is 38.5 Å². The molecule has 2 aromatic rings. The number of ether oxygens (including phenoxy) is 4. The monoisotopic (exact) mass is 541 g/mol. The van der Waals surface area contributed by atoms with Crippen LogP contribution in [0.4, 0.5) is 0 Å². The highest BCUT2D eigenvalue weighted by Crippen LogP contribution is 2.45. The summed E-state index contributed by atoms with van der Waals surface area (Å²) in [5, 5.41) is 2.59. The molecule has 1 saturated heterocycles. The molecule has 0 spiro atoms. The van der Waals surface area contributed by atoms with E-state index < -0.39 is 43.5 Å². The molecule has 1 aliphatic rings. The maximum absolute atomic E-state index is 13.6. The average molecular weight is 541 g/mol. The molecule has 2 heterocycles. The maximum Gasteiger partial charge on any atom is 0.459 e. The van der Waals surface area contributed by atoms with E-state index in [4.69, 9.17) is 28.0 Å². The van der Waals surface area contributed by atoms with Gasteiger partial charge in [0.15, 0.2) is 12.5 Å². The molecular weight excluding hydrogens is 509 g/mol. The van der Waals surface area contributed by atoms with Crippen LogP contribution < -0.4 is 25.6 Å². The molecule has 0 saturated carbocycles. The second-order valence-corrected chi connectivity index (χ2v) is 9.96. The molecule has 3 rings (SSSR count). The largest absolute Gasteiger partial charge is 0.497 e. The van der Waals surface area contributed by atoms with Crippen molar-refractivity contribution in [3.05, 3.63) is 56.9 Å². The summed E-state index contributed by atoms with van der Waals surface area (Å²) in [7, 11) is -2.64. The Hall–Kier alpha value is -2.96. The highest BCUT2D eigenvalue weighted by molar-refractivity contribution is 7.52. The Bertz CT molecular complexity index is 1210. The Morgan fingerprint density at radius 1 is 1.27 bits per heavy atom. The Labute approximate surface area is 213 Å². The second kappa shape index (κ2) is 13.0. The van der Waals surface area contributed by atoms with Crippen molar-refractivity contribution in [1.82, 2.24) is 14.6 Å². The first-order valence-electron chi connectivity index (χ1n) is 11.8. The fraction of sp³-hybridized carbons (Fsp3) is 0.522. The number of benzene rings is 1. The number of unbranched alkanes of at least 4 members (excludes halogenated alkanes) is 1. The van der Waals surface area contributed by atoms with Gasteiger partial charge in [0.05, 0.1) is 20.3 Å². The first-order valence-corrected chi connectivity index (χ1v) is 13.3. The predicted molar refractivity (Wildman–Crippen MR) is 132 cm³/mol. The molecule has 204 valence electrons. The van der Waals surface area contributed by atoms with Gasteiger partial charge in [0.1, 0.15) is 24.1 Å². The molecular formula is C23H32N3O10P. The topological polar surface area (TPSA) is 156 Å². The quantitative estimate of drug-likeness (QED) is 0.218. The zero-order valence-corrected chi connectivity index (χ0v) is 22.0. The van der Waals surface area contributed by atoms with Gasteiger partial charge < -0.3 is 23.5 Å². The smallest absolute Gasteiger partial charge is 0.459 e. The predicted octanol–water partition coefficient (Wildman–Crippen LogP) is 2.25. The molecule has 0 amide bonds. The number of carbonyl (C=O) groups is 1. The van der Waals surface area contributed by atoms with Crippen LogP contribution in [-0.4, -0.2) is 54.8 Å². The lowest BCUT2D eigenvalue weighted by Gasteiger charge is -2.24.